The normalized spacial score (nSPS) is 18.2. The van der Waals surface area contributed by atoms with Crippen LogP contribution in [0.4, 0.5) is 11.4 Å². The van der Waals surface area contributed by atoms with Crippen molar-refractivity contribution in [3.8, 4) is 5.75 Å². The van der Waals surface area contributed by atoms with Crippen molar-refractivity contribution in [3.05, 3.63) is 54.1 Å². The number of ether oxygens (including phenoxy) is 1. The van der Waals surface area contributed by atoms with Crippen LogP contribution in [0.15, 0.2) is 58.5 Å². The highest BCUT2D eigenvalue weighted by Crippen LogP contribution is 2.36. The summed E-state index contributed by atoms with van der Waals surface area (Å²) in [5, 5.41) is 2.88. The Hall–Kier alpha value is -3.13. The lowest BCUT2D eigenvalue weighted by Crippen LogP contribution is -2.43. The SMILES string of the molecule is COc1cccc(NC(=O)[C@@H](C)SC2=Nc3ccccc3C3=N[C@H](C(C)C)C(=O)N23)c1. The van der Waals surface area contributed by atoms with Gasteiger partial charge in [-0.2, -0.15) is 0 Å². The number of amides is 2. The molecule has 0 bridgehead atoms. The van der Waals surface area contributed by atoms with Crippen molar-refractivity contribution in [2.45, 2.75) is 32.1 Å². The lowest BCUT2D eigenvalue weighted by Gasteiger charge is -2.27. The number of aliphatic imine (C=N–C) groups is 2. The molecule has 2 aliphatic heterocycles. The Morgan fingerprint density at radius 1 is 1.16 bits per heavy atom. The third-order valence-corrected chi connectivity index (χ3v) is 6.17. The zero-order valence-corrected chi connectivity index (χ0v) is 18.6. The number of anilines is 1. The van der Waals surface area contributed by atoms with Crippen molar-refractivity contribution in [1.29, 1.82) is 0 Å². The number of para-hydroxylation sites is 1. The van der Waals surface area contributed by atoms with Crippen LogP contribution >= 0.6 is 11.8 Å². The van der Waals surface area contributed by atoms with Crippen LogP contribution < -0.4 is 10.1 Å². The number of thioether (sulfide) groups is 1. The molecule has 0 fully saturated rings. The maximum absolute atomic E-state index is 13.1. The molecular formula is C23H24N4O3S. The van der Waals surface area contributed by atoms with Crippen LogP contribution in [0.1, 0.15) is 26.3 Å². The molecule has 2 aromatic carbocycles. The second-order valence-electron chi connectivity index (χ2n) is 7.71. The summed E-state index contributed by atoms with van der Waals surface area (Å²) in [6.07, 6.45) is 0. The average Bonchev–Trinajstić information content (AvgIpc) is 3.12. The van der Waals surface area contributed by atoms with Crippen molar-refractivity contribution in [1.82, 2.24) is 4.90 Å². The van der Waals surface area contributed by atoms with Gasteiger partial charge in [0.2, 0.25) is 5.91 Å². The standard InChI is InChI=1S/C23H24N4O3S/c1-13(2)19-22(29)27-20(26-19)17-10-5-6-11-18(17)25-23(27)31-14(3)21(28)24-15-8-7-9-16(12-15)30-4/h5-14,19H,1-4H3,(H,24,28)/t14-,19-/m1/s1. The predicted molar refractivity (Wildman–Crippen MR) is 124 cm³/mol. The van der Waals surface area contributed by atoms with Crippen molar-refractivity contribution >= 4 is 46.0 Å². The Kier molecular flexibility index (Phi) is 5.82. The van der Waals surface area contributed by atoms with Crippen LogP contribution in [0.5, 0.6) is 5.75 Å². The number of nitrogens with one attached hydrogen (secondary N) is 1. The minimum absolute atomic E-state index is 0.0674. The number of nitrogens with zero attached hydrogens (tertiary/aromatic N) is 3. The number of carbonyl (C=O) groups is 2. The Labute approximate surface area is 185 Å². The number of hydrogen-bond donors (Lipinski definition) is 1. The molecule has 0 aliphatic carbocycles. The van der Waals surface area contributed by atoms with E-state index in [0.29, 0.717) is 22.4 Å². The second-order valence-corrected chi connectivity index (χ2v) is 9.02. The van der Waals surface area contributed by atoms with Crippen LogP contribution in [0, 0.1) is 5.92 Å². The fraction of sp³-hybridized carbons (Fsp3) is 0.304. The molecule has 7 nitrogen and oxygen atoms in total. The van der Waals surface area contributed by atoms with Gasteiger partial charge in [0.05, 0.1) is 18.0 Å². The fourth-order valence-corrected chi connectivity index (χ4v) is 4.35. The topological polar surface area (TPSA) is 83.4 Å². The summed E-state index contributed by atoms with van der Waals surface area (Å²) in [7, 11) is 1.58. The third kappa shape index (κ3) is 4.07. The van der Waals surface area contributed by atoms with E-state index in [9.17, 15) is 9.59 Å². The van der Waals surface area contributed by atoms with E-state index in [2.05, 4.69) is 5.32 Å². The number of amidine groups is 2. The van der Waals surface area contributed by atoms with Crippen molar-refractivity contribution in [3.63, 3.8) is 0 Å². The Balaban J connectivity index is 1.58. The zero-order chi connectivity index (χ0) is 22.1. The van der Waals surface area contributed by atoms with Gasteiger partial charge in [0.1, 0.15) is 17.6 Å². The van der Waals surface area contributed by atoms with E-state index in [-0.39, 0.29) is 17.7 Å². The molecule has 2 amide bonds. The van der Waals surface area contributed by atoms with Crippen LogP contribution in [0.3, 0.4) is 0 Å². The first kappa shape index (κ1) is 21.1. The van der Waals surface area contributed by atoms with Gasteiger partial charge in [-0.25, -0.2) is 9.89 Å². The summed E-state index contributed by atoms with van der Waals surface area (Å²) in [5.41, 5.74) is 2.22. The van der Waals surface area contributed by atoms with Crippen molar-refractivity contribution in [2.75, 3.05) is 12.4 Å². The molecule has 0 saturated carbocycles. The van der Waals surface area contributed by atoms with Gasteiger partial charge in [-0.05, 0) is 37.1 Å². The number of methoxy groups -OCH3 is 1. The number of rotatable bonds is 5. The van der Waals surface area contributed by atoms with Crippen molar-refractivity contribution in [2.24, 2.45) is 15.9 Å². The molecule has 0 spiro atoms. The number of hydrogen-bond acceptors (Lipinski definition) is 6. The van der Waals surface area contributed by atoms with Crippen LogP contribution in [0.25, 0.3) is 0 Å². The minimum atomic E-state index is -0.484. The molecule has 4 rings (SSSR count). The largest absolute Gasteiger partial charge is 0.497 e. The number of carbonyl (C=O) groups excluding carboxylic acids is 2. The van der Waals surface area contributed by atoms with Gasteiger partial charge in [0, 0.05) is 17.3 Å². The lowest BCUT2D eigenvalue weighted by molar-refractivity contribution is -0.125. The van der Waals surface area contributed by atoms with Gasteiger partial charge in [0.25, 0.3) is 5.91 Å². The summed E-state index contributed by atoms with van der Waals surface area (Å²) in [6.45, 7) is 5.75. The van der Waals surface area contributed by atoms with Gasteiger partial charge in [-0.15, -0.1) is 0 Å². The molecule has 2 atom stereocenters. The van der Waals surface area contributed by atoms with Crippen LogP contribution in [-0.4, -0.2) is 46.1 Å². The quantitative estimate of drug-likeness (QED) is 0.766. The maximum atomic E-state index is 13.1. The van der Waals surface area contributed by atoms with E-state index in [4.69, 9.17) is 14.7 Å². The summed E-state index contributed by atoms with van der Waals surface area (Å²) >= 11 is 1.25. The summed E-state index contributed by atoms with van der Waals surface area (Å²) in [4.78, 5) is 36.9. The summed E-state index contributed by atoms with van der Waals surface area (Å²) in [6, 6.07) is 14.3. The molecule has 8 heteroatoms. The predicted octanol–water partition coefficient (Wildman–Crippen LogP) is 4.07. The molecule has 31 heavy (non-hydrogen) atoms. The smallest absolute Gasteiger partial charge is 0.259 e. The Morgan fingerprint density at radius 2 is 1.94 bits per heavy atom. The first-order chi connectivity index (χ1) is 14.9. The molecule has 0 aromatic heterocycles. The van der Waals surface area contributed by atoms with E-state index in [0.717, 1.165) is 11.3 Å². The zero-order valence-electron chi connectivity index (χ0n) is 17.8. The van der Waals surface area contributed by atoms with E-state index >= 15 is 0 Å². The molecule has 1 N–H and O–H groups in total. The maximum Gasteiger partial charge on any atom is 0.259 e. The molecule has 0 radical (unpaired) electrons. The Morgan fingerprint density at radius 3 is 2.68 bits per heavy atom. The van der Waals surface area contributed by atoms with Crippen LogP contribution in [0.2, 0.25) is 0 Å². The highest BCUT2D eigenvalue weighted by atomic mass is 32.2. The average molecular weight is 437 g/mol. The lowest BCUT2D eigenvalue weighted by atomic mass is 10.1. The van der Waals surface area contributed by atoms with E-state index < -0.39 is 11.3 Å². The monoisotopic (exact) mass is 436 g/mol. The molecule has 2 aliphatic rings. The molecule has 160 valence electrons. The molecule has 0 unspecified atom stereocenters. The number of benzene rings is 2. The molecule has 2 heterocycles. The van der Waals surface area contributed by atoms with Gasteiger partial charge >= 0.3 is 0 Å². The van der Waals surface area contributed by atoms with Gasteiger partial charge in [0.15, 0.2) is 5.17 Å². The van der Waals surface area contributed by atoms with Crippen LogP contribution in [-0.2, 0) is 9.59 Å². The first-order valence-electron chi connectivity index (χ1n) is 10.1. The highest BCUT2D eigenvalue weighted by Gasteiger charge is 2.43. The molecular weight excluding hydrogens is 412 g/mol. The Bertz CT molecular complexity index is 1100. The molecule has 0 saturated heterocycles. The number of fused-ring (bicyclic) bond motifs is 3. The summed E-state index contributed by atoms with van der Waals surface area (Å²) < 4.78 is 5.21. The van der Waals surface area contributed by atoms with E-state index in [1.807, 2.05) is 50.2 Å². The van der Waals surface area contributed by atoms with Gasteiger partial charge < -0.3 is 10.1 Å². The fourth-order valence-electron chi connectivity index (χ4n) is 3.44. The first-order valence-corrected chi connectivity index (χ1v) is 11.0. The van der Waals surface area contributed by atoms with E-state index in [1.165, 1.54) is 11.8 Å². The third-order valence-electron chi connectivity index (χ3n) is 5.12. The summed E-state index contributed by atoms with van der Waals surface area (Å²) in [5.74, 6) is 1.04. The molecule has 2 aromatic rings. The minimum Gasteiger partial charge on any atom is -0.497 e. The highest BCUT2D eigenvalue weighted by molar-refractivity contribution is 8.15. The van der Waals surface area contributed by atoms with Gasteiger partial charge in [-0.3, -0.25) is 14.6 Å². The second kappa shape index (κ2) is 8.55. The van der Waals surface area contributed by atoms with Gasteiger partial charge in [-0.1, -0.05) is 43.8 Å². The van der Waals surface area contributed by atoms with E-state index in [1.54, 1.807) is 31.1 Å². The van der Waals surface area contributed by atoms with Crippen molar-refractivity contribution < 1.29 is 14.3 Å².